The maximum atomic E-state index is 6.01. The minimum absolute atomic E-state index is 0. The zero-order chi connectivity index (χ0) is 13.9. The minimum Gasteiger partial charge on any atom is -0.317 e. The Morgan fingerprint density at radius 1 is 1.33 bits per heavy atom. The summed E-state index contributed by atoms with van der Waals surface area (Å²) in [5, 5.41) is 4.20. The van der Waals surface area contributed by atoms with Crippen LogP contribution in [0.1, 0.15) is 25.0 Å². The molecule has 2 aromatic heterocycles. The van der Waals surface area contributed by atoms with Gasteiger partial charge in [0.25, 0.3) is 0 Å². The summed E-state index contributed by atoms with van der Waals surface area (Å²) in [6, 6.07) is 4.49. The molecule has 1 aliphatic heterocycles. The van der Waals surface area contributed by atoms with E-state index in [0.717, 1.165) is 36.0 Å². The van der Waals surface area contributed by atoms with Crippen LogP contribution in [-0.4, -0.2) is 40.5 Å². The van der Waals surface area contributed by atoms with E-state index in [-0.39, 0.29) is 12.4 Å². The third-order valence-electron chi connectivity index (χ3n) is 4.04. The number of aromatic nitrogens is 2. The van der Waals surface area contributed by atoms with Gasteiger partial charge in [0.05, 0.1) is 10.7 Å². The number of nitrogens with one attached hydrogen (secondary N) is 1. The van der Waals surface area contributed by atoms with E-state index in [2.05, 4.69) is 28.4 Å². The van der Waals surface area contributed by atoms with Gasteiger partial charge in [-0.1, -0.05) is 11.6 Å². The van der Waals surface area contributed by atoms with Crippen molar-refractivity contribution in [1.29, 1.82) is 0 Å². The smallest absolute Gasteiger partial charge is 0.137 e. The molecule has 0 amide bonds. The first-order valence-electron chi connectivity index (χ1n) is 7.26. The van der Waals surface area contributed by atoms with Gasteiger partial charge in [0.15, 0.2) is 0 Å². The number of nitrogens with zero attached hydrogens (tertiary/aromatic N) is 3. The molecular formula is C15H22Cl2N4. The van der Waals surface area contributed by atoms with Crippen molar-refractivity contribution in [3.63, 3.8) is 0 Å². The minimum atomic E-state index is 0. The Hall–Kier alpha value is -0.810. The van der Waals surface area contributed by atoms with Crippen LogP contribution < -0.4 is 5.32 Å². The molecule has 1 unspecified atom stereocenters. The van der Waals surface area contributed by atoms with Crippen LogP contribution in [0.2, 0.25) is 5.02 Å². The molecular weight excluding hydrogens is 307 g/mol. The predicted octanol–water partition coefficient (Wildman–Crippen LogP) is 2.98. The van der Waals surface area contributed by atoms with Crippen LogP contribution in [-0.2, 0) is 6.54 Å². The number of imidazole rings is 1. The van der Waals surface area contributed by atoms with E-state index in [1.54, 1.807) is 0 Å². The highest BCUT2D eigenvalue weighted by molar-refractivity contribution is 6.30. The lowest BCUT2D eigenvalue weighted by molar-refractivity contribution is 0.214. The summed E-state index contributed by atoms with van der Waals surface area (Å²) in [7, 11) is 2.20. The quantitative estimate of drug-likeness (QED) is 0.940. The molecule has 3 rings (SSSR count). The molecule has 1 fully saturated rings. The Morgan fingerprint density at radius 3 is 3.05 bits per heavy atom. The highest BCUT2D eigenvalue weighted by Gasteiger charge is 2.17. The van der Waals surface area contributed by atoms with Crippen molar-refractivity contribution < 1.29 is 0 Å². The second-order valence-corrected chi connectivity index (χ2v) is 6.03. The van der Waals surface area contributed by atoms with Crippen LogP contribution in [0.25, 0.3) is 5.65 Å². The highest BCUT2D eigenvalue weighted by Crippen LogP contribution is 2.16. The topological polar surface area (TPSA) is 32.6 Å². The van der Waals surface area contributed by atoms with Crippen LogP contribution >= 0.6 is 24.0 Å². The lowest BCUT2D eigenvalue weighted by atomic mass is 10.1. The van der Waals surface area contributed by atoms with Crippen LogP contribution in [0.4, 0.5) is 0 Å². The largest absolute Gasteiger partial charge is 0.317 e. The molecule has 4 nitrogen and oxygen atoms in total. The van der Waals surface area contributed by atoms with E-state index in [9.17, 15) is 0 Å². The van der Waals surface area contributed by atoms with E-state index in [1.807, 2.05) is 22.7 Å². The highest BCUT2D eigenvalue weighted by atomic mass is 35.5. The summed E-state index contributed by atoms with van der Waals surface area (Å²) in [4.78, 5) is 7.09. The maximum absolute atomic E-state index is 6.01. The number of rotatable bonds is 3. The summed E-state index contributed by atoms with van der Waals surface area (Å²) in [6.45, 7) is 3.16. The van der Waals surface area contributed by atoms with Crippen LogP contribution in [0.5, 0.6) is 0 Å². The number of pyridine rings is 1. The van der Waals surface area contributed by atoms with Gasteiger partial charge in [0.1, 0.15) is 5.65 Å². The van der Waals surface area contributed by atoms with E-state index < -0.39 is 0 Å². The maximum Gasteiger partial charge on any atom is 0.137 e. The van der Waals surface area contributed by atoms with E-state index in [0.29, 0.717) is 6.04 Å². The molecule has 6 heteroatoms. The normalized spacial score (nSPS) is 19.5. The lowest BCUT2D eigenvalue weighted by Crippen LogP contribution is -2.32. The molecule has 3 heterocycles. The standard InChI is InChI=1S/C15H21ClN4.ClH/c1-19(14-3-2-7-17-8-6-14)10-13-11-20-9-12(16)4-5-15(20)18-13;/h4-5,9,11,14,17H,2-3,6-8,10H2,1H3;1H. The monoisotopic (exact) mass is 328 g/mol. The molecule has 0 radical (unpaired) electrons. The Bertz CT molecular complexity index is 576. The van der Waals surface area contributed by atoms with Gasteiger partial charge in [0, 0.05) is 25.0 Å². The average Bonchev–Trinajstić information content (AvgIpc) is 2.64. The van der Waals surface area contributed by atoms with Crippen molar-refractivity contribution in [2.24, 2.45) is 0 Å². The number of hydrogen-bond acceptors (Lipinski definition) is 3. The zero-order valence-electron chi connectivity index (χ0n) is 12.3. The molecule has 1 atom stereocenters. The van der Waals surface area contributed by atoms with Crippen molar-refractivity contribution in [3.8, 4) is 0 Å². The molecule has 0 spiro atoms. The van der Waals surface area contributed by atoms with E-state index in [4.69, 9.17) is 11.6 Å². The summed E-state index contributed by atoms with van der Waals surface area (Å²) >= 11 is 6.01. The molecule has 1 N–H and O–H groups in total. The Balaban J connectivity index is 0.00000161. The van der Waals surface area contributed by atoms with Gasteiger partial charge in [0.2, 0.25) is 0 Å². The molecule has 0 aromatic carbocycles. The predicted molar refractivity (Wildman–Crippen MR) is 89.4 cm³/mol. The van der Waals surface area contributed by atoms with E-state index >= 15 is 0 Å². The van der Waals surface area contributed by atoms with Gasteiger partial charge in [-0.15, -0.1) is 12.4 Å². The fourth-order valence-electron chi connectivity index (χ4n) is 2.92. The summed E-state index contributed by atoms with van der Waals surface area (Å²) in [5.41, 5.74) is 2.06. The average molecular weight is 329 g/mol. The first-order chi connectivity index (χ1) is 9.72. The van der Waals surface area contributed by atoms with Gasteiger partial charge >= 0.3 is 0 Å². The Labute approximate surface area is 136 Å². The summed E-state index contributed by atoms with van der Waals surface area (Å²) in [6.07, 6.45) is 7.73. The van der Waals surface area contributed by atoms with Gasteiger partial charge in [-0.2, -0.15) is 0 Å². The van der Waals surface area contributed by atoms with Gasteiger partial charge in [-0.05, 0) is 51.5 Å². The SMILES string of the molecule is CN(Cc1cn2cc(Cl)ccc2n1)C1CCCNCC1.Cl. The van der Waals surface area contributed by atoms with Crippen molar-refractivity contribution in [3.05, 3.63) is 35.2 Å². The molecule has 116 valence electrons. The number of hydrogen-bond donors (Lipinski definition) is 1. The molecule has 1 aliphatic rings. The van der Waals surface area contributed by atoms with Crippen molar-refractivity contribution in [2.75, 3.05) is 20.1 Å². The molecule has 21 heavy (non-hydrogen) atoms. The van der Waals surface area contributed by atoms with Crippen LogP contribution in [0.15, 0.2) is 24.5 Å². The van der Waals surface area contributed by atoms with Crippen molar-refractivity contribution in [2.45, 2.75) is 31.8 Å². The molecule has 1 saturated heterocycles. The first kappa shape index (κ1) is 16.6. The second-order valence-electron chi connectivity index (χ2n) is 5.59. The molecule has 2 aromatic rings. The number of halogens is 2. The summed E-state index contributed by atoms with van der Waals surface area (Å²) in [5.74, 6) is 0. The lowest BCUT2D eigenvalue weighted by Gasteiger charge is -2.25. The van der Waals surface area contributed by atoms with Crippen molar-refractivity contribution in [1.82, 2.24) is 19.6 Å². The van der Waals surface area contributed by atoms with Crippen LogP contribution in [0.3, 0.4) is 0 Å². The van der Waals surface area contributed by atoms with Gasteiger partial charge in [-0.25, -0.2) is 4.98 Å². The van der Waals surface area contributed by atoms with Gasteiger partial charge < -0.3 is 9.72 Å². The number of fused-ring (bicyclic) bond motifs is 1. The Morgan fingerprint density at radius 2 is 2.19 bits per heavy atom. The van der Waals surface area contributed by atoms with Gasteiger partial charge in [-0.3, -0.25) is 4.90 Å². The fraction of sp³-hybridized carbons (Fsp3) is 0.533. The first-order valence-corrected chi connectivity index (χ1v) is 7.64. The van der Waals surface area contributed by atoms with Crippen molar-refractivity contribution >= 4 is 29.7 Å². The third kappa shape index (κ3) is 4.10. The van der Waals surface area contributed by atoms with E-state index in [1.165, 1.54) is 19.3 Å². The zero-order valence-corrected chi connectivity index (χ0v) is 13.8. The summed E-state index contributed by atoms with van der Waals surface area (Å²) < 4.78 is 2.00. The molecule has 0 saturated carbocycles. The third-order valence-corrected chi connectivity index (χ3v) is 4.27. The second kappa shape index (κ2) is 7.45. The Kier molecular flexibility index (Phi) is 5.88. The molecule has 0 aliphatic carbocycles. The van der Waals surface area contributed by atoms with Crippen LogP contribution in [0, 0.1) is 0 Å². The fourth-order valence-corrected chi connectivity index (χ4v) is 3.09. The molecule has 0 bridgehead atoms.